The molecule has 1 fully saturated rings. The second-order valence-corrected chi connectivity index (χ2v) is 9.73. The van der Waals surface area contributed by atoms with Gasteiger partial charge in [-0.15, -0.1) is 0 Å². The van der Waals surface area contributed by atoms with Crippen LogP contribution in [0.1, 0.15) is 43.5 Å². The van der Waals surface area contributed by atoms with E-state index in [0.29, 0.717) is 17.7 Å². The van der Waals surface area contributed by atoms with Crippen molar-refractivity contribution >= 4 is 29.3 Å². The molecule has 0 aromatic heterocycles. The Labute approximate surface area is 209 Å². The normalized spacial score (nSPS) is 15.2. The Bertz CT molecular complexity index is 1130. The number of nitrogens with one attached hydrogen (secondary N) is 3. The molecule has 9 nitrogen and oxygen atoms in total. The lowest BCUT2D eigenvalue weighted by Crippen LogP contribution is -2.54. The van der Waals surface area contributed by atoms with E-state index in [9.17, 15) is 23.6 Å². The van der Waals surface area contributed by atoms with Crippen molar-refractivity contribution in [2.24, 2.45) is 0 Å². The lowest BCUT2D eigenvalue weighted by Gasteiger charge is -2.26. The largest absolute Gasteiger partial charge is 0.380 e. The molecule has 0 bridgehead atoms. The Morgan fingerprint density at radius 2 is 1.72 bits per heavy atom. The fourth-order valence-corrected chi connectivity index (χ4v) is 3.91. The number of methoxy groups -OCH3 is 1. The Morgan fingerprint density at radius 3 is 2.28 bits per heavy atom. The van der Waals surface area contributed by atoms with Gasteiger partial charge < -0.3 is 15.4 Å². The van der Waals surface area contributed by atoms with Crippen molar-refractivity contribution in [3.63, 3.8) is 0 Å². The highest BCUT2D eigenvalue weighted by Crippen LogP contribution is 2.27. The monoisotopic (exact) mass is 498 g/mol. The van der Waals surface area contributed by atoms with Crippen LogP contribution >= 0.6 is 0 Å². The van der Waals surface area contributed by atoms with E-state index in [0.717, 1.165) is 5.56 Å². The van der Waals surface area contributed by atoms with Crippen molar-refractivity contribution in [3.8, 4) is 0 Å². The summed E-state index contributed by atoms with van der Waals surface area (Å²) in [6, 6.07) is 10.3. The number of benzene rings is 2. The van der Waals surface area contributed by atoms with Gasteiger partial charge in [-0.05, 0) is 34.2 Å². The van der Waals surface area contributed by atoms with Gasteiger partial charge in [0.2, 0.25) is 17.7 Å². The van der Waals surface area contributed by atoms with E-state index in [1.54, 1.807) is 43.5 Å². The molecule has 1 aliphatic heterocycles. The molecule has 1 saturated heterocycles. The van der Waals surface area contributed by atoms with E-state index < -0.39 is 40.9 Å². The zero-order valence-corrected chi connectivity index (χ0v) is 20.8. The summed E-state index contributed by atoms with van der Waals surface area (Å²) in [7, 11) is 1.57. The van der Waals surface area contributed by atoms with Crippen molar-refractivity contribution < 1.29 is 28.3 Å². The van der Waals surface area contributed by atoms with Crippen LogP contribution in [0.15, 0.2) is 42.5 Å². The van der Waals surface area contributed by atoms with Crippen LogP contribution in [0, 0.1) is 5.82 Å². The molecule has 0 unspecified atom stereocenters. The van der Waals surface area contributed by atoms with E-state index >= 15 is 0 Å². The van der Waals surface area contributed by atoms with Gasteiger partial charge in [-0.3, -0.25) is 29.4 Å². The molecule has 1 atom stereocenters. The smallest absolute Gasteiger partial charge is 0.251 e. The minimum Gasteiger partial charge on any atom is -0.380 e. The molecular formula is C26H31FN4O5. The highest BCUT2D eigenvalue weighted by atomic mass is 19.1. The topological polar surface area (TPSA) is 117 Å². The fraction of sp³-hybridized carbons (Fsp3) is 0.385. The number of carbonyl (C=O) groups excluding carboxylic acids is 4. The zero-order valence-electron chi connectivity index (χ0n) is 20.8. The molecule has 1 heterocycles. The molecular weight excluding hydrogens is 467 g/mol. The zero-order chi connectivity index (χ0) is 26.5. The van der Waals surface area contributed by atoms with Gasteiger partial charge in [-0.2, -0.15) is 0 Å². The molecule has 0 radical (unpaired) electrons. The molecule has 4 amide bonds. The van der Waals surface area contributed by atoms with Crippen molar-refractivity contribution in [2.75, 3.05) is 32.1 Å². The van der Waals surface area contributed by atoms with E-state index in [1.165, 1.54) is 11.0 Å². The van der Waals surface area contributed by atoms with Gasteiger partial charge in [0.15, 0.2) is 0 Å². The number of piperazine rings is 1. The molecule has 0 saturated carbocycles. The first-order chi connectivity index (χ1) is 17.0. The van der Waals surface area contributed by atoms with Crippen LogP contribution in [0.4, 0.5) is 10.1 Å². The summed E-state index contributed by atoms with van der Waals surface area (Å²) >= 11 is 0. The number of carbonyl (C=O) groups is 4. The molecule has 3 N–H and O–H groups in total. The molecule has 36 heavy (non-hydrogen) atoms. The summed E-state index contributed by atoms with van der Waals surface area (Å²) < 4.78 is 19.8. The molecule has 0 aliphatic carbocycles. The number of halogens is 1. The number of anilines is 1. The van der Waals surface area contributed by atoms with Crippen molar-refractivity contribution in [1.29, 1.82) is 0 Å². The average Bonchev–Trinajstić information content (AvgIpc) is 2.77. The van der Waals surface area contributed by atoms with E-state index in [-0.39, 0.29) is 25.3 Å². The van der Waals surface area contributed by atoms with Gasteiger partial charge in [0, 0.05) is 12.8 Å². The van der Waals surface area contributed by atoms with Crippen molar-refractivity contribution in [3.05, 3.63) is 65.0 Å². The minimum atomic E-state index is -1.10. The first kappa shape index (κ1) is 27.0. The summed E-state index contributed by atoms with van der Waals surface area (Å²) in [5, 5.41) is 7.52. The van der Waals surface area contributed by atoms with Crippen LogP contribution in [0.2, 0.25) is 0 Å². The van der Waals surface area contributed by atoms with Crippen LogP contribution in [0.5, 0.6) is 0 Å². The SMILES string of the molecule is COCc1ccc([C@@H](NC(=O)CN2CC(=O)NC(=O)C2)C(=O)Nc2ccc(C(C)(C)C)c(F)c2)cc1. The second kappa shape index (κ2) is 11.4. The molecule has 192 valence electrons. The quantitative estimate of drug-likeness (QED) is 0.480. The second-order valence-electron chi connectivity index (χ2n) is 9.73. The van der Waals surface area contributed by atoms with Crippen LogP contribution in [-0.4, -0.2) is 55.3 Å². The molecule has 2 aromatic rings. The maximum Gasteiger partial charge on any atom is 0.251 e. The Hall–Kier alpha value is -3.63. The van der Waals surface area contributed by atoms with Gasteiger partial charge in [-0.1, -0.05) is 51.1 Å². The summed E-state index contributed by atoms with van der Waals surface area (Å²) in [6.07, 6.45) is 0. The number of imide groups is 1. The molecule has 0 spiro atoms. The summed E-state index contributed by atoms with van der Waals surface area (Å²) in [6.45, 7) is 5.59. The van der Waals surface area contributed by atoms with Gasteiger partial charge in [-0.25, -0.2) is 4.39 Å². The third-order valence-electron chi connectivity index (χ3n) is 5.62. The van der Waals surface area contributed by atoms with Gasteiger partial charge >= 0.3 is 0 Å². The Kier molecular flexibility index (Phi) is 8.54. The molecule has 10 heteroatoms. The predicted octanol–water partition coefficient (Wildman–Crippen LogP) is 2.02. The highest BCUT2D eigenvalue weighted by Gasteiger charge is 2.28. The van der Waals surface area contributed by atoms with Crippen LogP contribution in [0.25, 0.3) is 0 Å². The summed E-state index contributed by atoms with van der Waals surface area (Å²) in [5.41, 5.74) is 1.74. The summed E-state index contributed by atoms with van der Waals surface area (Å²) in [5.74, 6) is -2.56. The minimum absolute atomic E-state index is 0.110. The number of amides is 4. The standard InChI is InChI=1S/C26H31FN4O5/c1-26(2,3)19-10-9-18(11-20(19)27)28-25(35)24(17-7-5-16(6-8-17)15-36-4)30-23(34)14-31-12-21(32)29-22(33)13-31/h5-11,24H,12-15H2,1-4H3,(H,28,35)(H,30,34)(H,29,32,33)/t24-/m1/s1. The number of rotatable bonds is 8. The first-order valence-corrected chi connectivity index (χ1v) is 11.5. The Morgan fingerprint density at radius 1 is 1.08 bits per heavy atom. The predicted molar refractivity (Wildman–Crippen MR) is 131 cm³/mol. The van der Waals surface area contributed by atoms with Gasteiger partial charge in [0.25, 0.3) is 5.91 Å². The van der Waals surface area contributed by atoms with E-state index in [1.807, 2.05) is 20.8 Å². The highest BCUT2D eigenvalue weighted by molar-refractivity contribution is 6.00. The lowest BCUT2D eigenvalue weighted by molar-refractivity contribution is -0.137. The first-order valence-electron chi connectivity index (χ1n) is 11.5. The fourth-order valence-electron chi connectivity index (χ4n) is 3.91. The number of ether oxygens (including phenoxy) is 1. The number of hydrogen-bond acceptors (Lipinski definition) is 6. The van der Waals surface area contributed by atoms with Crippen LogP contribution < -0.4 is 16.0 Å². The lowest BCUT2D eigenvalue weighted by atomic mass is 9.86. The van der Waals surface area contributed by atoms with Crippen LogP contribution in [0.3, 0.4) is 0 Å². The molecule has 2 aromatic carbocycles. The third-order valence-corrected chi connectivity index (χ3v) is 5.62. The Balaban J connectivity index is 1.79. The molecule has 1 aliphatic rings. The van der Waals surface area contributed by atoms with Crippen LogP contribution in [-0.2, 0) is 35.9 Å². The average molecular weight is 499 g/mol. The summed E-state index contributed by atoms with van der Waals surface area (Å²) in [4.78, 5) is 50.6. The number of hydrogen-bond donors (Lipinski definition) is 3. The maximum absolute atomic E-state index is 14.7. The third kappa shape index (κ3) is 7.19. The van der Waals surface area contributed by atoms with Gasteiger partial charge in [0.05, 0.1) is 26.2 Å². The van der Waals surface area contributed by atoms with Crippen molar-refractivity contribution in [1.82, 2.24) is 15.5 Å². The van der Waals surface area contributed by atoms with Gasteiger partial charge in [0.1, 0.15) is 11.9 Å². The molecule has 3 rings (SSSR count). The van der Waals surface area contributed by atoms with E-state index in [2.05, 4.69) is 16.0 Å². The van der Waals surface area contributed by atoms with Crippen molar-refractivity contribution in [2.45, 2.75) is 38.8 Å². The van der Waals surface area contributed by atoms with E-state index in [4.69, 9.17) is 4.74 Å². The number of nitrogens with zero attached hydrogens (tertiary/aromatic N) is 1. The maximum atomic E-state index is 14.7.